The highest BCUT2D eigenvalue weighted by atomic mass is 32.2. The molecule has 0 amide bonds. The maximum Gasteiger partial charge on any atom is 0.180 e. The third-order valence-corrected chi connectivity index (χ3v) is 3.15. The van der Waals surface area contributed by atoms with E-state index in [4.69, 9.17) is 10.5 Å². The van der Waals surface area contributed by atoms with Crippen LogP contribution in [0.2, 0.25) is 0 Å². The van der Waals surface area contributed by atoms with E-state index in [1.54, 1.807) is 0 Å². The summed E-state index contributed by atoms with van der Waals surface area (Å²) in [6, 6.07) is 9.82. The van der Waals surface area contributed by atoms with Gasteiger partial charge < -0.3 is 10.5 Å². The molecule has 0 bridgehead atoms. The summed E-state index contributed by atoms with van der Waals surface area (Å²) in [5, 5.41) is 8.46. The standard InChI is InChI=1S/C12H15N3OS/c13-12-15-14-10(9-17-12)5-4-8-16-11-6-2-1-3-7-11/h1-3,6-7H,4-5,8-9H2,(H2,13,15). The van der Waals surface area contributed by atoms with E-state index in [-0.39, 0.29) is 0 Å². The van der Waals surface area contributed by atoms with E-state index in [1.165, 1.54) is 11.8 Å². The Morgan fingerprint density at radius 3 is 2.76 bits per heavy atom. The summed E-state index contributed by atoms with van der Waals surface area (Å²) in [6.07, 6.45) is 1.86. The summed E-state index contributed by atoms with van der Waals surface area (Å²) >= 11 is 1.54. The van der Waals surface area contributed by atoms with Crippen molar-refractivity contribution < 1.29 is 4.74 Å². The van der Waals surface area contributed by atoms with Gasteiger partial charge in [0.1, 0.15) is 5.75 Å². The second kappa shape index (κ2) is 6.30. The van der Waals surface area contributed by atoms with Gasteiger partial charge in [-0.15, -0.1) is 5.10 Å². The SMILES string of the molecule is NC1=NN=C(CCCOc2ccccc2)CS1. The van der Waals surface area contributed by atoms with E-state index in [2.05, 4.69) is 10.2 Å². The zero-order valence-electron chi connectivity index (χ0n) is 9.50. The molecule has 1 aliphatic rings. The lowest BCUT2D eigenvalue weighted by atomic mass is 10.2. The Morgan fingerprint density at radius 2 is 2.06 bits per heavy atom. The van der Waals surface area contributed by atoms with Crippen LogP contribution in [0.4, 0.5) is 0 Å². The minimum Gasteiger partial charge on any atom is -0.494 e. The number of benzene rings is 1. The Hall–Kier alpha value is -1.49. The second-order valence-corrected chi connectivity index (χ2v) is 4.65. The van der Waals surface area contributed by atoms with Crippen molar-refractivity contribution >= 4 is 22.6 Å². The van der Waals surface area contributed by atoms with Gasteiger partial charge in [0.2, 0.25) is 0 Å². The number of hydrogen-bond donors (Lipinski definition) is 1. The van der Waals surface area contributed by atoms with Crippen LogP contribution in [0.5, 0.6) is 5.75 Å². The van der Waals surface area contributed by atoms with Crippen molar-refractivity contribution in [1.29, 1.82) is 0 Å². The molecule has 1 aliphatic heterocycles. The molecule has 0 aromatic heterocycles. The van der Waals surface area contributed by atoms with Crippen LogP contribution in [0, 0.1) is 0 Å². The largest absolute Gasteiger partial charge is 0.494 e. The fraction of sp³-hybridized carbons (Fsp3) is 0.333. The zero-order valence-corrected chi connectivity index (χ0v) is 10.3. The van der Waals surface area contributed by atoms with Crippen LogP contribution in [0.3, 0.4) is 0 Å². The van der Waals surface area contributed by atoms with Crippen LogP contribution in [0.15, 0.2) is 40.5 Å². The molecule has 0 atom stereocenters. The van der Waals surface area contributed by atoms with Gasteiger partial charge in [-0.3, -0.25) is 0 Å². The molecule has 17 heavy (non-hydrogen) atoms. The molecular weight excluding hydrogens is 234 g/mol. The first kappa shape index (κ1) is 12.0. The topological polar surface area (TPSA) is 60.0 Å². The maximum atomic E-state index is 5.60. The van der Waals surface area contributed by atoms with Crippen LogP contribution >= 0.6 is 11.8 Å². The van der Waals surface area contributed by atoms with Gasteiger partial charge in [0.05, 0.1) is 12.3 Å². The predicted molar refractivity (Wildman–Crippen MR) is 72.7 cm³/mol. The first-order valence-corrected chi connectivity index (χ1v) is 6.52. The van der Waals surface area contributed by atoms with Crippen molar-refractivity contribution in [3.05, 3.63) is 30.3 Å². The highest BCUT2D eigenvalue weighted by molar-refractivity contribution is 8.14. The molecule has 0 spiro atoms. The number of ether oxygens (including phenoxy) is 1. The highest BCUT2D eigenvalue weighted by Gasteiger charge is 2.07. The smallest absolute Gasteiger partial charge is 0.180 e. The Bertz CT molecular complexity index is 417. The number of amidine groups is 1. The maximum absolute atomic E-state index is 5.60. The van der Waals surface area contributed by atoms with Crippen molar-refractivity contribution in [3.8, 4) is 5.75 Å². The lowest BCUT2D eigenvalue weighted by molar-refractivity contribution is 0.313. The van der Waals surface area contributed by atoms with Crippen LogP contribution in [-0.2, 0) is 0 Å². The van der Waals surface area contributed by atoms with E-state index < -0.39 is 0 Å². The lowest BCUT2D eigenvalue weighted by Gasteiger charge is -2.09. The minimum absolute atomic E-state index is 0.550. The van der Waals surface area contributed by atoms with Crippen molar-refractivity contribution in [2.75, 3.05) is 12.4 Å². The van der Waals surface area contributed by atoms with Gasteiger partial charge in [-0.05, 0) is 25.0 Å². The third kappa shape index (κ3) is 4.11. The second-order valence-electron chi connectivity index (χ2n) is 3.66. The fourth-order valence-corrected chi connectivity index (χ4v) is 2.06. The summed E-state index contributed by atoms with van der Waals surface area (Å²) in [5.41, 5.74) is 6.59. The molecule has 1 heterocycles. The molecule has 0 radical (unpaired) electrons. The molecule has 0 fully saturated rings. The van der Waals surface area contributed by atoms with Gasteiger partial charge in [-0.25, -0.2) is 0 Å². The number of nitrogens with two attached hydrogens (primary N) is 1. The summed E-state index contributed by atoms with van der Waals surface area (Å²) in [7, 11) is 0. The van der Waals surface area contributed by atoms with E-state index in [1.807, 2.05) is 30.3 Å². The summed E-state index contributed by atoms with van der Waals surface area (Å²) in [4.78, 5) is 0. The molecule has 1 aromatic rings. The van der Waals surface area contributed by atoms with E-state index >= 15 is 0 Å². The number of para-hydroxylation sites is 1. The molecule has 0 unspecified atom stereocenters. The van der Waals surface area contributed by atoms with E-state index in [0.717, 1.165) is 30.1 Å². The minimum atomic E-state index is 0.550. The average molecular weight is 249 g/mol. The normalized spacial score (nSPS) is 15.1. The zero-order chi connectivity index (χ0) is 11.9. The molecule has 2 N–H and O–H groups in total. The van der Waals surface area contributed by atoms with Gasteiger partial charge in [0, 0.05) is 5.75 Å². The third-order valence-electron chi connectivity index (χ3n) is 2.30. The number of rotatable bonds is 5. The number of hydrogen-bond acceptors (Lipinski definition) is 5. The molecule has 4 nitrogen and oxygen atoms in total. The van der Waals surface area contributed by atoms with Crippen LogP contribution in [-0.4, -0.2) is 23.2 Å². The number of thioether (sulfide) groups is 1. The van der Waals surface area contributed by atoms with Gasteiger partial charge in [0.25, 0.3) is 0 Å². The van der Waals surface area contributed by atoms with Crippen LogP contribution in [0.25, 0.3) is 0 Å². The summed E-state index contributed by atoms with van der Waals surface area (Å²) < 4.78 is 5.60. The highest BCUT2D eigenvalue weighted by Crippen LogP contribution is 2.12. The van der Waals surface area contributed by atoms with Crippen LogP contribution in [0.1, 0.15) is 12.8 Å². The first-order chi connectivity index (χ1) is 8.34. The summed E-state index contributed by atoms with van der Waals surface area (Å²) in [5.74, 6) is 1.76. The Kier molecular flexibility index (Phi) is 4.44. The number of nitrogens with zero attached hydrogens (tertiary/aromatic N) is 2. The lowest BCUT2D eigenvalue weighted by Crippen LogP contribution is -2.16. The molecule has 1 aromatic carbocycles. The molecule has 2 rings (SSSR count). The molecule has 0 aliphatic carbocycles. The van der Waals surface area contributed by atoms with Gasteiger partial charge in [-0.1, -0.05) is 30.0 Å². The quantitative estimate of drug-likeness (QED) is 0.814. The monoisotopic (exact) mass is 249 g/mol. The molecule has 5 heteroatoms. The van der Waals surface area contributed by atoms with E-state index in [9.17, 15) is 0 Å². The average Bonchev–Trinajstić information content (AvgIpc) is 2.38. The van der Waals surface area contributed by atoms with Crippen LogP contribution < -0.4 is 10.5 Å². The predicted octanol–water partition coefficient (Wildman–Crippen LogP) is 2.26. The Labute approximate surface area is 105 Å². The van der Waals surface area contributed by atoms with Crippen molar-refractivity contribution in [3.63, 3.8) is 0 Å². The molecular formula is C12H15N3OS. The van der Waals surface area contributed by atoms with Gasteiger partial charge in [0.15, 0.2) is 5.17 Å². The first-order valence-electron chi connectivity index (χ1n) is 5.54. The van der Waals surface area contributed by atoms with E-state index in [0.29, 0.717) is 11.8 Å². The Morgan fingerprint density at radius 1 is 1.24 bits per heavy atom. The summed E-state index contributed by atoms with van der Waals surface area (Å²) in [6.45, 7) is 0.701. The van der Waals surface area contributed by atoms with Gasteiger partial charge >= 0.3 is 0 Å². The molecule has 0 saturated heterocycles. The Balaban J connectivity index is 1.67. The molecule has 0 saturated carbocycles. The van der Waals surface area contributed by atoms with Crippen molar-refractivity contribution in [2.24, 2.45) is 15.9 Å². The molecule has 90 valence electrons. The van der Waals surface area contributed by atoms with Crippen molar-refractivity contribution in [2.45, 2.75) is 12.8 Å². The fourth-order valence-electron chi connectivity index (χ4n) is 1.44. The van der Waals surface area contributed by atoms with Gasteiger partial charge in [-0.2, -0.15) is 5.10 Å². The van der Waals surface area contributed by atoms with Crippen molar-refractivity contribution in [1.82, 2.24) is 0 Å².